The van der Waals surface area contributed by atoms with E-state index in [1.54, 1.807) is 13.1 Å². The highest BCUT2D eigenvalue weighted by Gasteiger charge is 2.49. The highest BCUT2D eigenvalue weighted by Crippen LogP contribution is 2.31. The summed E-state index contributed by atoms with van der Waals surface area (Å²) in [6, 6.07) is 5.47. The van der Waals surface area contributed by atoms with Gasteiger partial charge in [0.15, 0.2) is 0 Å². The average Bonchev–Trinajstić information content (AvgIpc) is 3.14. The number of urea groups is 1. The molecule has 0 radical (unpaired) electrons. The first kappa shape index (κ1) is 24.1. The van der Waals surface area contributed by atoms with Gasteiger partial charge in [-0.1, -0.05) is 32.9 Å². The number of carbonyl (C=O) groups is 3. The Morgan fingerprint density at radius 1 is 1.18 bits per heavy atom. The number of carbonyl (C=O) groups excluding carboxylic acids is 3. The minimum absolute atomic E-state index is 0.236. The van der Waals surface area contributed by atoms with E-state index < -0.39 is 42.0 Å². The third-order valence-electron chi connectivity index (χ3n) is 5.16. The SMILES string of the molecule is Cn1nc(C(C)(C)C)cc1NC(=O)CN1C(=O)NC(C)(c2ccc(OC(F)(F)F)cc2)C1=O. The molecular weight excluding hydrogens is 443 g/mol. The Labute approximate surface area is 187 Å². The van der Waals surface area contributed by atoms with Gasteiger partial charge < -0.3 is 15.4 Å². The molecule has 0 spiro atoms. The van der Waals surface area contributed by atoms with Crippen LogP contribution in [0.25, 0.3) is 0 Å². The van der Waals surface area contributed by atoms with Crippen molar-refractivity contribution < 1.29 is 32.3 Å². The molecule has 1 aliphatic rings. The summed E-state index contributed by atoms with van der Waals surface area (Å²) in [5.74, 6) is -1.39. The summed E-state index contributed by atoms with van der Waals surface area (Å²) in [7, 11) is 1.65. The van der Waals surface area contributed by atoms with Crippen molar-refractivity contribution in [3.8, 4) is 5.75 Å². The zero-order valence-electron chi connectivity index (χ0n) is 18.7. The quantitative estimate of drug-likeness (QED) is 0.658. The lowest BCUT2D eigenvalue weighted by molar-refractivity contribution is -0.274. The van der Waals surface area contributed by atoms with E-state index in [0.717, 1.165) is 22.7 Å². The largest absolute Gasteiger partial charge is 0.573 e. The van der Waals surface area contributed by atoms with E-state index in [-0.39, 0.29) is 11.0 Å². The van der Waals surface area contributed by atoms with Gasteiger partial charge in [-0.3, -0.25) is 19.2 Å². The Hall–Kier alpha value is -3.57. The number of imide groups is 1. The number of amides is 4. The Bertz CT molecular complexity index is 1090. The third kappa shape index (κ3) is 5.10. The zero-order valence-corrected chi connectivity index (χ0v) is 18.7. The van der Waals surface area contributed by atoms with Gasteiger partial charge in [-0.25, -0.2) is 4.79 Å². The normalized spacial score (nSPS) is 19.0. The van der Waals surface area contributed by atoms with E-state index in [0.29, 0.717) is 5.82 Å². The van der Waals surface area contributed by atoms with Crippen LogP contribution in [0.1, 0.15) is 39.0 Å². The lowest BCUT2D eigenvalue weighted by Crippen LogP contribution is -2.42. The minimum Gasteiger partial charge on any atom is -0.406 e. The number of aryl methyl sites for hydroxylation is 1. The van der Waals surface area contributed by atoms with Crippen LogP contribution in [0.15, 0.2) is 30.3 Å². The van der Waals surface area contributed by atoms with E-state index in [2.05, 4.69) is 20.5 Å². The Morgan fingerprint density at radius 2 is 1.79 bits per heavy atom. The average molecular weight is 467 g/mol. The summed E-state index contributed by atoms with van der Waals surface area (Å²) < 4.78 is 42.4. The van der Waals surface area contributed by atoms with Crippen molar-refractivity contribution in [3.63, 3.8) is 0 Å². The van der Waals surface area contributed by atoms with Crippen LogP contribution >= 0.6 is 0 Å². The molecule has 4 amide bonds. The molecule has 1 unspecified atom stereocenters. The molecule has 3 rings (SSSR count). The van der Waals surface area contributed by atoms with Gasteiger partial charge in [0.05, 0.1) is 5.69 Å². The number of ether oxygens (including phenoxy) is 1. The molecule has 1 aliphatic heterocycles. The molecule has 12 heteroatoms. The van der Waals surface area contributed by atoms with Crippen molar-refractivity contribution in [2.24, 2.45) is 7.05 Å². The molecule has 9 nitrogen and oxygen atoms in total. The first-order chi connectivity index (χ1) is 15.1. The number of nitrogens with one attached hydrogen (secondary N) is 2. The predicted molar refractivity (Wildman–Crippen MR) is 111 cm³/mol. The molecule has 33 heavy (non-hydrogen) atoms. The van der Waals surface area contributed by atoms with Crippen LogP contribution in [0, 0.1) is 0 Å². The monoisotopic (exact) mass is 467 g/mol. The molecule has 2 N–H and O–H groups in total. The molecule has 1 saturated heterocycles. The van der Waals surface area contributed by atoms with Gasteiger partial charge >= 0.3 is 12.4 Å². The molecule has 2 heterocycles. The van der Waals surface area contributed by atoms with Crippen molar-refractivity contribution in [2.75, 3.05) is 11.9 Å². The van der Waals surface area contributed by atoms with Crippen LogP contribution in [0.3, 0.4) is 0 Å². The fraction of sp³-hybridized carbons (Fsp3) is 0.429. The number of benzene rings is 1. The van der Waals surface area contributed by atoms with Gasteiger partial charge in [-0.05, 0) is 24.6 Å². The van der Waals surface area contributed by atoms with Crippen LogP contribution in [0.4, 0.5) is 23.8 Å². The molecule has 1 aromatic carbocycles. The number of hydrogen-bond acceptors (Lipinski definition) is 5. The summed E-state index contributed by atoms with van der Waals surface area (Å²) in [6.45, 7) is 6.76. The molecule has 0 saturated carbocycles. The lowest BCUT2D eigenvalue weighted by atomic mass is 9.92. The van der Waals surface area contributed by atoms with Gasteiger partial charge in [0.25, 0.3) is 5.91 Å². The summed E-state index contributed by atoms with van der Waals surface area (Å²) in [4.78, 5) is 38.7. The van der Waals surface area contributed by atoms with Gasteiger partial charge in [0.1, 0.15) is 23.7 Å². The highest BCUT2D eigenvalue weighted by molar-refractivity contribution is 6.10. The van der Waals surface area contributed by atoms with E-state index in [1.807, 2.05) is 20.8 Å². The summed E-state index contributed by atoms with van der Waals surface area (Å²) >= 11 is 0. The molecule has 1 atom stereocenters. The maximum absolute atomic E-state index is 13.0. The molecule has 1 fully saturated rings. The van der Waals surface area contributed by atoms with E-state index in [9.17, 15) is 27.6 Å². The molecular formula is C21H24F3N5O4. The van der Waals surface area contributed by atoms with Crippen LogP contribution in [-0.2, 0) is 27.6 Å². The van der Waals surface area contributed by atoms with E-state index in [1.165, 1.54) is 23.7 Å². The predicted octanol–water partition coefficient (Wildman–Crippen LogP) is 3.02. The minimum atomic E-state index is -4.85. The van der Waals surface area contributed by atoms with Crippen molar-refractivity contribution in [1.82, 2.24) is 20.0 Å². The second-order valence-corrected chi connectivity index (χ2v) is 8.86. The van der Waals surface area contributed by atoms with Gasteiger partial charge in [-0.2, -0.15) is 5.10 Å². The van der Waals surface area contributed by atoms with Crippen LogP contribution in [0.5, 0.6) is 5.75 Å². The number of halogens is 3. The highest BCUT2D eigenvalue weighted by atomic mass is 19.4. The first-order valence-electron chi connectivity index (χ1n) is 9.95. The number of alkyl halides is 3. The molecule has 1 aromatic heterocycles. The zero-order chi connectivity index (χ0) is 24.8. The van der Waals surface area contributed by atoms with Crippen molar-refractivity contribution >= 4 is 23.7 Å². The number of nitrogens with zero attached hydrogens (tertiary/aromatic N) is 3. The topological polar surface area (TPSA) is 106 Å². The standard InChI is InChI=1S/C21H24F3N5O4/c1-19(2,3)14-10-15(28(5)27-14)25-16(30)11-29-17(31)20(4,26-18(29)32)12-6-8-13(9-7-12)33-21(22,23)24/h6-10H,11H2,1-5H3,(H,25,30)(H,26,32). The fourth-order valence-corrected chi connectivity index (χ4v) is 3.30. The van der Waals surface area contributed by atoms with E-state index >= 15 is 0 Å². The second kappa shape index (κ2) is 8.09. The summed E-state index contributed by atoms with van der Waals surface area (Å²) in [5, 5.41) is 9.48. The first-order valence-corrected chi connectivity index (χ1v) is 9.95. The van der Waals surface area contributed by atoms with Gasteiger partial charge in [0, 0.05) is 18.5 Å². The van der Waals surface area contributed by atoms with Crippen LogP contribution in [-0.4, -0.2) is 45.4 Å². The van der Waals surface area contributed by atoms with Crippen molar-refractivity contribution in [1.29, 1.82) is 0 Å². The number of hydrogen-bond donors (Lipinski definition) is 2. The molecule has 0 aliphatic carbocycles. The molecule has 0 bridgehead atoms. The van der Waals surface area contributed by atoms with Crippen LogP contribution < -0.4 is 15.4 Å². The van der Waals surface area contributed by atoms with Crippen molar-refractivity contribution in [2.45, 2.75) is 45.0 Å². The summed E-state index contributed by atoms with van der Waals surface area (Å²) in [6.07, 6.45) is -4.85. The van der Waals surface area contributed by atoms with E-state index in [4.69, 9.17) is 0 Å². The Morgan fingerprint density at radius 3 is 2.30 bits per heavy atom. The maximum Gasteiger partial charge on any atom is 0.573 e. The fourth-order valence-electron chi connectivity index (χ4n) is 3.30. The Kier molecular flexibility index (Phi) is 5.90. The Balaban J connectivity index is 1.72. The van der Waals surface area contributed by atoms with Gasteiger partial charge in [-0.15, -0.1) is 13.2 Å². The number of aromatic nitrogens is 2. The number of anilines is 1. The summed E-state index contributed by atoms with van der Waals surface area (Å²) in [5.41, 5.74) is -0.811. The third-order valence-corrected chi connectivity index (χ3v) is 5.16. The maximum atomic E-state index is 13.0. The van der Waals surface area contributed by atoms with Gasteiger partial charge in [0.2, 0.25) is 5.91 Å². The smallest absolute Gasteiger partial charge is 0.406 e. The number of rotatable bonds is 5. The lowest BCUT2D eigenvalue weighted by Gasteiger charge is -2.22. The van der Waals surface area contributed by atoms with Crippen molar-refractivity contribution in [3.05, 3.63) is 41.6 Å². The molecule has 178 valence electrons. The second-order valence-electron chi connectivity index (χ2n) is 8.86. The van der Waals surface area contributed by atoms with Crippen LogP contribution in [0.2, 0.25) is 0 Å². The molecule has 2 aromatic rings.